The minimum Gasteiger partial charge on any atom is -0.444 e. The molecule has 1 heterocycles. The van der Waals surface area contributed by atoms with Crippen molar-refractivity contribution >= 4 is 34.8 Å². The van der Waals surface area contributed by atoms with Gasteiger partial charge in [-0.15, -0.1) is 0 Å². The maximum absolute atomic E-state index is 12.6. The number of alkyl carbamates (subject to hydrolysis) is 1. The maximum atomic E-state index is 12.6. The van der Waals surface area contributed by atoms with Crippen LogP contribution in [-0.2, 0) is 9.53 Å². The number of nitrogens with one attached hydrogen (secondary N) is 1. The molecule has 2 rings (SSSR count). The van der Waals surface area contributed by atoms with E-state index < -0.39 is 29.3 Å². The van der Waals surface area contributed by atoms with Gasteiger partial charge in [0, 0.05) is 17.0 Å². The first-order chi connectivity index (χ1) is 13.5. The van der Waals surface area contributed by atoms with Crippen LogP contribution in [0.5, 0.6) is 5.75 Å². The molecule has 7 nitrogen and oxygen atoms in total. The molecule has 1 aromatic carbocycles. The van der Waals surface area contributed by atoms with Gasteiger partial charge < -0.3 is 19.2 Å². The smallest absolute Gasteiger partial charge is 0.408 e. The molecule has 0 saturated heterocycles. The molecule has 1 aromatic heterocycles. The summed E-state index contributed by atoms with van der Waals surface area (Å²) in [5, 5.41) is 3.34. The molecule has 0 aliphatic carbocycles. The highest BCUT2D eigenvalue weighted by atomic mass is 32.2. The van der Waals surface area contributed by atoms with Crippen LogP contribution >= 0.6 is 11.8 Å². The first kappa shape index (κ1) is 22.8. The van der Waals surface area contributed by atoms with Gasteiger partial charge in [0.15, 0.2) is 0 Å². The second kappa shape index (κ2) is 9.35. The van der Waals surface area contributed by atoms with E-state index in [9.17, 15) is 14.4 Å². The molecule has 2 aromatic rings. The summed E-state index contributed by atoms with van der Waals surface area (Å²) in [5.74, 6) is 0.269. The predicted molar refractivity (Wildman–Crippen MR) is 114 cm³/mol. The van der Waals surface area contributed by atoms with Gasteiger partial charge in [-0.05, 0) is 70.7 Å². The third-order valence-corrected chi connectivity index (χ3v) is 4.88. The molecule has 0 radical (unpaired) electrons. The van der Waals surface area contributed by atoms with Crippen molar-refractivity contribution in [3.63, 3.8) is 0 Å². The van der Waals surface area contributed by atoms with Gasteiger partial charge in [0.25, 0.3) is 0 Å². The van der Waals surface area contributed by atoms with Gasteiger partial charge in [-0.1, -0.05) is 0 Å². The van der Waals surface area contributed by atoms with Crippen molar-refractivity contribution in [2.75, 3.05) is 12.0 Å². The van der Waals surface area contributed by atoms with Crippen molar-refractivity contribution in [3.8, 4) is 5.75 Å². The molecule has 0 aliphatic heterocycles. The van der Waals surface area contributed by atoms with Crippen LogP contribution in [0, 0.1) is 13.8 Å². The Balaban J connectivity index is 2.20. The van der Waals surface area contributed by atoms with Crippen LogP contribution < -0.4 is 15.7 Å². The Morgan fingerprint density at radius 1 is 1.21 bits per heavy atom. The van der Waals surface area contributed by atoms with Crippen LogP contribution in [0.1, 0.15) is 38.3 Å². The summed E-state index contributed by atoms with van der Waals surface area (Å²) in [7, 11) is 0. The maximum Gasteiger partial charge on any atom is 0.408 e. The van der Waals surface area contributed by atoms with Crippen LogP contribution in [0.3, 0.4) is 0 Å². The molecular formula is C21H27NO6S. The van der Waals surface area contributed by atoms with Crippen LogP contribution in [-0.4, -0.2) is 35.7 Å². The van der Waals surface area contributed by atoms with Crippen molar-refractivity contribution < 1.29 is 23.5 Å². The summed E-state index contributed by atoms with van der Waals surface area (Å²) in [4.78, 5) is 36.6. The fourth-order valence-corrected chi connectivity index (χ4v) is 3.09. The van der Waals surface area contributed by atoms with Crippen molar-refractivity contribution in [2.24, 2.45) is 0 Å². The van der Waals surface area contributed by atoms with Gasteiger partial charge in [-0.25, -0.2) is 14.4 Å². The van der Waals surface area contributed by atoms with E-state index in [1.54, 1.807) is 51.6 Å². The number of benzene rings is 1. The first-order valence-corrected chi connectivity index (χ1v) is 10.7. The SMILES string of the molecule is CSCC[C@@H](NC(=O)OC(C)(C)C)C(=O)Oc1ccc2c(C)c(C)c(=O)oc2c1. The third-order valence-electron chi connectivity index (χ3n) is 4.23. The van der Waals surface area contributed by atoms with Crippen LogP contribution in [0.25, 0.3) is 11.0 Å². The Labute approximate surface area is 174 Å². The summed E-state index contributed by atoms with van der Waals surface area (Å²) in [6.45, 7) is 8.77. The summed E-state index contributed by atoms with van der Waals surface area (Å²) in [6, 6.07) is 4.01. The van der Waals surface area contributed by atoms with E-state index in [1.165, 1.54) is 6.07 Å². The molecule has 8 heteroatoms. The monoisotopic (exact) mass is 421 g/mol. The Morgan fingerprint density at radius 2 is 1.90 bits per heavy atom. The normalized spacial score (nSPS) is 12.5. The van der Waals surface area contributed by atoms with Gasteiger partial charge in [0.05, 0.1) is 0 Å². The van der Waals surface area contributed by atoms with E-state index in [2.05, 4.69) is 5.32 Å². The second-order valence-electron chi connectivity index (χ2n) is 7.70. The standard InChI is InChI=1S/C21H27NO6S/c1-12-13(2)18(23)27-17-11-14(7-8-15(12)17)26-19(24)16(9-10-29-6)22-20(25)28-21(3,4)5/h7-8,11,16H,9-10H2,1-6H3,(H,22,25)/t16-/m1/s1. The minimum atomic E-state index is -0.861. The fraction of sp³-hybridized carbons (Fsp3) is 0.476. The molecule has 0 bridgehead atoms. The number of rotatable bonds is 6. The Morgan fingerprint density at radius 3 is 2.52 bits per heavy atom. The lowest BCUT2D eigenvalue weighted by Crippen LogP contribution is -2.45. The highest BCUT2D eigenvalue weighted by Crippen LogP contribution is 2.24. The number of thioether (sulfide) groups is 1. The van der Waals surface area contributed by atoms with Crippen LogP contribution in [0.15, 0.2) is 27.4 Å². The van der Waals surface area contributed by atoms with E-state index in [-0.39, 0.29) is 5.75 Å². The number of amides is 1. The topological polar surface area (TPSA) is 94.8 Å². The minimum absolute atomic E-state index is 0.231. The molecule has 0 spiro atoms. The zero-order chi connectivity index (χ0) is 21.8. The Hall–Kier alpha value is -2.48. The zero-order valence-corrected chi connectivity index (χ0v) is 18.4. The average Bonchev–Trinajstić information content (AvgIpc) is 2.61. The highest BCUT2D eigenvalue weighted by molar-refractivity contribution is 7.98. The van der Waals surface area contributed by atoms with Gasteiger partial charge in [-0.2, -0.15) is 11.8 Å². The lowest BCUT2D eigenvalue weighted by Gasteiger charge is -2.22. The number of ether oxygens (including phenoxy) is 2. The number of hydrogen-bond donors (Lipinski definition) is 1. The molecule has 1 N–H and O–H groups in total. The molecule has 1 atom stereocenters. The average molecular weight is 422 g/mol. The molecule has 0 saturated carbocycles. The van der Waals surface area contributed by atoms with E-state index >= 15 is 0 Å². The summed E-state index contributed by atoms with van der Waals surface area (Å²) < 4.78 is 16.0. The van der Waals surface area contributed by atoms with Crippen LogP contribution in [0.4, 0.5) is 4.79 Å². The highest BCUT2D eigenvalue weighted by Gasteiger charge is 2.26. The molecule has 1 amide bonds. The molecule has 0 aliphatic rings. The number of esters is 1. The fourth-order valence-electron chi connectivity index (χ4n) is 2.61. The Kier molecular flexibility index (Phi) is 7.35. The molecular weight excluding hydrogens is 394 g/mol. The molecule has 0 unspecified atom stereocenters. The van der Waals surface area contributed by atoms with Crippen molar-refractivity contribution in [2.45, 2.75) is 52.7 Å². The van der Waals surface area contributed by atoms with Crippen LogP contribution in [0.2, 0.25) is 0 Å². The predicted octanol–water partition coefficient (Wildman–Crippen LogP) is 3.96. The molecule has 158 valence electrons. The number of aryl methyl sites for hydroxylation is 1. The van der Waals surface area contributed by atoms with Gasteiger partial charge in [-0.3, -0.25) is 0 Å². The van der Waals surface area contributed by atoms with Crippen molar-refractivity contribution in [1.29, 1.82) is 0 Å². The molecule has 29 heavy (non-hydrogen) atoms. The van der Waals surface area contributed by atoms with Crippen molar-refractivity contribution in [1.82, 2.24) is 5.32 Å². The summed E-state index contributed by atoms with van der Waals surface area (Å²) >= 11 is 1.55. The third kappa shape index (κ3) is 6.25. The quantitative estimate of drug-likeness (QED) is 0.428. The molecule has 0 fully saturated rings. The number of fused-ring (bicyclic) bond motifs is 1. The zero-order valence-electron chi connectivity index (χ0n) is 17.6. The second-order valence-corrected chi connectivity index (χ2v) is 8.68. The van der Waals surface area contributed by atoms with Crippen molar-refractivity contribution in [3.05, 3.63) is 39.7 Å². The number of carbonyl (C=O) groups excluding carboxylic acids is 2. The van der Waals surface area contributed by atoms with Gasteiger partial charge in [0.2, 0.25) is 0 Å². The van der Waals surface area contributed by atoms with Gasteiger partial charge >= 0.3 is 17.7 Å². The summed E-state index contributed by atoms with van der Waals surface area (Å²) in [5.41, 5.74) is 0.593. The summed E-state index contributed by atoms with van der Waals surface area (Å²) in [6.07, 6.45) is 1.61. The lowest BCUT2D eigenvalue weighted by atomic mass is 10.1. The lowest BCUT2D eigenvalue weighted by molar-refractivity contribution is -0.136. The number of hydrogen-bond acceptors (Lipinski definition) is 7. The first-order valence-electron chi connectivity index (χ1n) is 9.26. The largest absolute Gasteiger partial charge is 0.444 e. The van der Waals surface area contributed by atoms with Gasteiger partial charge in [0.1, 0.15) is 23.0 Å². The Bertz CT molecular complexity index is 960. The van der Waals surface area contributed by atoms with E-state index in [4.69, 9.17) is 13.9 Å². The van der Waals surface area contributed by atoms with E-state index in [0.29, 0.717) is 23.3 Å². The number of carbonyl (C=O) groups is 2. The van der Waals surface area contributed by atoms with E-state index in [1.807, 2.05) is 13.2 Å². The van der Waals surface area contributed by atoms with E-state index in [0.717, 1.165) is 10.9 Å².